The van der Waals surface area contributed by atoms with Crippen LogP contribution in [-0.4, -0.2) is 37.8 Å². The van der Waals surface area contributed by atoms with Crippen molar-refractivity contribution in [3.8, 4) is 23.0 Å². The molecule has 0 saturated carbocycles. The lowest BCUT2D eigenvalue weighted by Crippen LogP contribution is -2.43. The monoisotopic (exact) mass is 564 g/mol. The van der Waals surface area contributed by atoms with Gasteiger partial charge in [0.1, 0.15) is 23.9 Å². The molecule has 0 bridgehead atoms. The first kappa shape index (κ1) is 26.4. The first-order valence-corrected chi connectivity index (χ1v) is 14.2. The Balaban J connectivity index is 1.29. The molecule has 2 unspecified atom stereocenters. The molecule has 2 aliphatic heterocycles. The largest absolute Gasteiger partial charge is 0.497 e. The summed E-state index contributed by atoms with van der Waals surface area (Å²) >= 11 is 0. The molecule has 0 fully saturated rings. The van der Waals surface area contributed by atoms with Gasteiger partial charge in [0, 0.05) is 29.2 Å². The Morgan fingerprint density at radius 1 is 0.833 bits per heavy atom. The van der Waals surface area contributed by atoms with Crippen LogP contribution >= 0.6 is 0 Å². The normalized spacial score (nSPS) is 17.7. The molecule has 2 aliphatic rings. The highest BCUT2D eigenvalue weighted by Crippen LogP contribution is 2.50. The molecule has 1 N–H and O–H groups in total. The van der Waals surface area contributed by atoms with Crippen molar-refractivity contribution in [2.75, 3.05) is 27.9 Å². The predicted octanol–water partition coefficient (Wildman–Crippen LogP) is 7.16. The van der Waals surface area contributed by atoms with Crippen molar-refractivity contribution in [1.82, 2.24) is 9.88 Å². The molecule has 7 rings (SSSR count). The third kappa shape index (κ3) is 4.54. The summed E-state index contributed by atoms with van der Waals surface area (Å²) in [5.74, 6) is 2.87. The van der Waals surface area contributed by atoms with E-state index in [1.165, 1.54) is 16.7 Å². The molecule has 0 spiro atoms. The predicted molar refractivity (Wildman–Crippen MR) is 160 cm³/mol. The van der Waals surface area contributed by atoms with Crippen molar-refractivity contribution in [3.63, 3.8) is 0 Å². The number of aromatic nitrogens is 1. The van der Waals surface area contributed by atoms with Crippen LogP contribution in [0.4, 0.5) is 4.39 Å². The summed E-state index contributed by atoms with van der Waals surface area (Å²) in [5, 5.41) is 1.16. The molecule has 0 aliphatic carbocycles. The average molecular weight is 565 g/mol. The van der Waals surface area contributed by atoms with Gasteiger partial charge in [-0.05, 0) is 95.3 Å². The lowest BCUT2D eigenvalue weighted by atomic mass is 9.80. The van der Waals surface area contributed by atoms with E-state index in [-0.39, 0.29) is 17.9 Å². The van der Waals surface area contributed by atoms with Gasteiger partial charge in [-0.2, -0.15) is 0 Å². The Morgan fingerprint density at radius 2 is 1.60 bits per heavy atom. The molecule has 2 atom stereocenters. The Bertz CT molecular complexity index is 1750. The molecule has 5 aromatic rings. The van der Waals surface area contributed by atoms with Gasteiger partial charge in [-0.25, -0.2) is 4.39 Å². The van der Waals surface area contributed by atoms with E-state index >= 15 is 0 Å². The summed E-state index contributed by atoms with van der Waals surface area (Å²) in [4.78, 5) is 6.26. The number of aromatic amines is 1. The van der Waals surface area contributed by atoms with Gasteiger partial charge in [0.2, 0.25) is 0 Å². The second-order valence-electron chi connectivity index (χ2n) is 10.9. The van der Waals surface area contributed by atoms with Crippen LogP contribution in [0.2, 0.25) is 0 Å². The number of benzene rings is 4. The molecule has 214 valence electrons. The molecule has 0 amide bonds. The number of ether oxygens (including phenoxy) is 4. The highest BCUT2D eigenvalue weighted by Gasteiger charge is 2.41. The minimum atomic E-state index is -0.233. The quantitative estimate of drug-likeness (QED) is 0.227. The summed E-state index contributed by atoms with van der Waals surface area (Å²) in [6, 6.07) is 25.4. The third-order valence-electron chi connectivity index (χ3n) is 8.71. The number of nitrogens with one attached hydrogen (secondary N) is 1. The SMILES string of the molecule is COc1ccc(COc2cc3c(cc2OC)C2Cc4c([nH]c5ccc(OC)cc45)C(c4ccc(F)cc4)N2CC3)cc1. The number of hydrogen-bond acceptors (Lipinski definition) is 5. The van der Waals surface area contributed by atoms with Crippen molar-refractivity contribution in [1.29, 1.82) is 0 Å². The van der Waals surface area contributed by atoms with Crippen molar-refractivity contribution in [2.24, 2.45) is 0 Å². The molecular formula is C35H33FN2O4. The molecule has 0 saturated heterocycles. The molecule has 1 aromatic heterocycles. The first-order valence-electron chi connectivity index (χ1n) is 14.2. The molecule has 0 radical (unpaired) electrons. The van der Waals surface area contributed by atoms with E-state index < -0.39 is 0 Å². The second-order valence-corrected chi connectivity index (χ2v) is 10.9. The number of hydrogen-bond donors (Lipinski definition) is 1. The fourth-order valence-electron chi connectivity index (χ4n) is 6.61. The second kappa shape index (κ2) is 10.7. The zero-order valence-electron chi connectivity index (χ0n) is 23.9. The van der Waals surface area contributed by atoms with E-state index in [1.54, 1.807) is 33.5 Å². The van der Waals surface area contributed by atoms with Gasteiger partial charge in [0.15, 0.2) is 11.5 Å². The van der Waals surface area contributed by atoms with Crippen LogP contribution in [0.15, 0.2) is 78.9 Å². The number of fused-ring (bicyclic) bond motifs is 6. The Morgan fingerprint density at radius 3 is 2.33 bits per heavy atom. The van der Waals surface area contributed by atoms with Gasteiger partial charge in [-0.3, -0.25) is 4.90 Å². The topological polar surface area (TPSA) is 56.0 Å². The first-order chi connectivity index (χ1) is 20.6. The highest BCUT2D eigenvalue weighted by molar-refractivity contribution is 5.87. The Hall–Kier alpha value is -4.49. The molecule has 7 heteroatoms. The number of H-pyrrole nitrogens is 1. The van der Waals surface area contributed by atoms with E-state index in [0.717, 1.165) is 64.4 Å². The maximum Gasteiger partial charge on any atom is 0.161 e. The Kier molecular flexibility index (Phi) is 6.75. The van der Waals surface area contributed by atoms with Crippen molar-refractivity contribution in [2.45, 2.75) is 31.5 Å². The van der Waals surface area contributed by atoms with E-state index in [9.17, 15) is 4.39 Å². The standard InChI is InChI=1S/C35H33FN2O4/c1-39-25-10-4-21(5-11-25)20-42-33-16-23-14-15-38-31(27(23)19-32(33)41-3)18-29-28-17-26(40-2)12-13-30(28)37-34(29)35(38)22-6-8-24(36)9-7-22/h4-13,16-17,19,31,35,37H,14-15,18,20H2,1-3H3. The lowest BCUT2D eigenvalue weighted by molar-refractivity contribution is 0.127. The molecule has 42 heavy (non-hydrogen) atoms. The summed E-state index contributed by atoms with van der Waals surface area (Å²) in [6.45, 7) is 1.30. The number of nitrogens with zero attached hydrogens (tertiary/aromatic N) is 1. The maximum absolute atomic E-state index is 14.0. The zero-order valence-corrected chi connectivity index (χ0v) is 23.9. The van der Waals surface area contributed by atoms with Crippen LogP contribution in [0, 0.1) is 5.82 Å². The van der Waals surface area contributed by atoms with Crippen LogP contribution in [0.3, 0.4) is 0 Å². The summed E-state index contributed by atoms with van der Waals surface area (Å²) in [5.41, 5.74) is 8.13. The molecule has 3 heterocycles. The van der Waals surface area contributed by atoms with Gasteiger partial charge < -0.3 is 23.9 Å². The van der Waals surface area contributed by atoms with Crippen LogP contribution in [0.1, 0.15) is 45.6 Å². The number of halogens is 1. The van der Waals surface area contributed by atoms with Crippen molar-refractivity contribution >= 4 is 10.9 Å². The van der Waals surface area contributed by atoms with Gasteiger partial charge >= 0.3 is 0 Å². The van der Waals surface area contributed by atoms with Crippen LogP contribution < -0.4 is 18.9 Å². The van der Waals surface area contributed by atoms with Crippen molar-refractivity contribution < 1.29 is 23.3 Å². The van der Waals surface area contributed by atoms with Gasteiger partial charge in [0.05, 0.1) is 27.4 Å². The summed E-state index contributed by atoms with van der Waals surface area (Å²) in [7, 11) is 5.05. The molecule has 4 aromatic carbocycles. The number of rotatable bonds is 7. The number of methoxy groups -OCH3 is 3. The molecule has 6 nitrogen and oxygen atoms in total. The minimum Gasteiger partial charge on any atom is -0.497 e. The lowest BCUT2D eigenvalue weighted by Gasteiger charge is -2.46. The van der Waals surface area contributed by atoms with E-state index in [0.29, 0.717) is 12.4 Å². The average Bonchev–Trinajstić information content (AvgIpc) is 3.40. The summed E-state index contributed by atoms with van der Waals surface area (Å²) < 4.78 is 37.0. The zero-order chi connectivity index (χ0) is 28.8. The fraction of sp³-hybridized carbons (Fsp3) is 0.257. The third-order valence-corrected chi connectivity index (χ3v) is 8.71. The highest BCUT2D eigenvalue weighted by atomic mass is 19.1. The fourth-order valence-corrected chi connectivity index (χ4v) is 6.61. The van der Waals surface area contributed by atoms with Crippen LogP contribution in [0.25, 0.3) is 10.9 Å². The van der Waals surface area contributed by atoms with Gasteiger partial charge in [-0.1, -0.05) is 24.3 Å². The van der Waals surface area contributed by atoms with E-state index in [2.05, 4.69) is 34.1 Å². The van der Waals surface area contributed by atoms with Crippen LogP contribution in [-0.2, 0) is 19.4 Å². The van der Waals surface area contributed by atoms with Gasteiger partial charge in [-0.15, -0.1) is 0 Å². The van der Waals surface area contributed by atoms with E-state index in [1.807, 2.05) is 42.5 Å². The minimum absolute atomic E-state index is 0.0390. The van der Waals surface area contributed by atoms with Gasteiger partial charge in [0.25, 0.3) is 0 Å². The summed E-state index contributed by atoms with van der Waals surface area (Å²) in [6.07, 6.45) is 1.71. The molecular weight excluding hydrogens is 531 g/mol. The van der Waals surface area contributed by atoms with Crippen LogP contribution in [0.5, 0.6) is 23.0 Å². The van der Waals surface area contributed by atoms with Crippen molar-refractivity contribution in [3.05, 3.63) is 118 Å². The van der Waals surface area contributed by atoms with E-state index in [4.69, 9.17) is 18.9 Å². The Labute approximate surface area is 244 Å². The maximum atomic E-state index is 14.0. The smallest absolute Gasteiger partial charge is 0.161 e.